The quantitative estimate of drug-likeness (QED) is 0.536. The fourth-order valence-electron chi connectivity index (χ4n) is 4.34. The van der Waals surface area contributed by atoms with Crippen molar-refractivity contribution in [2.24, 2.45) is 0 Å². The number of hydrogen-bond acceptors (Lipinski definition) is 7. The van der Waals surface area contributed by atoms with Crippen molar-refractivity contribution in [3.8, 4) is 23.6 Å². The van der Waals surface area contributed by atoms with Crippen LogP contribution in [0.3, 0.4) is 0 Å². The van der Waals surface area contributed by atoms with Crippen molar-refractivity contribution in [1.82, 2.24) is 4.98 Å². The average Bonchev–Trinajstić information content (AvgIpc) is 3.23. The van der Waals surface area contributed by atoms with Gasteiger partial charge in [-0.3, -0.25) is 0 Å². The summed E-state index contributed by atoms with van der Waals surface area (Å²) in [7, 11) is 0. The molecule has 33 heavy (non-hydrogen) atoms. The summed E-state index contributed by atoms with van der Waals surface area (Å²) >= 11 is 1.43. The van der Waals surface area contributed by atoms with Gasteiger partial charge in [0.25, 0.3) is 0 Å². The molecule has 1 aliphatic heterocycles. The van der Waals surface area contributed by atoms with E-state index in [0.717, 1.165) is 27.3 Å². The first-order valence-corrected chi connectivity index (χ1v) is 11.4. The predicted octanol–water partition coefficient (Wildman–Crippen LogP) is 5.56. The van der Waals surface area contributed by atoms with E-state index in [1.54, 1.807) is 0 Å². The number of fused-ring (bicyclic) bond motifs is 1. The number of anilines is 1. The van der Waals surface area contributed by atoms with Crippen molar-refractivity contribution in [3.05, 3.63) is 69.3 Å². The summed E-state index contributed by atoms with van der Waals surface area (Å²) in [6.45, 7) is 8.36. The van der Waals surface area contributed by atoms with Crippen LogP contribution < -0.4 is 15.2 Å². The van der Waals surface area contributed by atoms with Crippen LogP contribution in [0.4, 0.5) is 5.82 Å². The number of nitrogens with two attached hydrogens (primary N) is 1. The third-order valence-electron chi connectivity index (χ3n) is 5.73. The molecule has 4 rings (SSSR count). The molecule has 0 radical (unpaired) electrons. The Morgan fingerprint density at radius 3 is 2.36 bits per heavy atom. The van der Waals surface area contributed by atoms with Crippen LogP contribution in [-0.4, -0.2) is 11.8 Å². The topological polar surface area (TPSA) is 105 Å². The van der Waals surface area contributed by atoms with Crippen LogP contribution in [0.5, 0.6) is 11.5 Å². The van der Waals surface area contributed by atoms with E-state index < -0.39 is 0 Å². The van der Waals surface area contributed by atoms with Gasteiger partial charge in [0.05, 0.1) is 11.1 Å². The largest absolute Gasteiger partial charge is 0.454 e. The van der Waals surface area contributed by atoms with E-state index in [2.05, 4.69) is 36.2 Å². The Morgan fingerprint density at radius 2 is 1.70 bits per heavy atom. The highest BCUT2D eigenvalue weighted by molar-refractivity contribution is 7.99. The van der Waals surface area contributed by atoms with Crippen molar-refractivity contribution in [1.29, 1.82) is 10.5 Å². The second kappa shape index (κ2) is 9.05. The van der Waals surface area contributed by atoms with Gasteiger partial charge in [-0.1, -0.05) is 42.4 Å². The fraction of sp³-hybridized carbons (Fsp3) is 0.269. The van der Waals surface area contributed by atoms with Crippen molar-refractivity contribution in [2.45, 2.75) is 50.0 Å². The SMILES string of the molecule is Cc1cc(C)c(Sc2nc(N)c(C#N)c(C(C)Cc3ccc4c(c3)OCO4)c2C#N)c(C)c1. The van der Waals surface area contributed by atoms with E-state index in [9.17, 15) is 10.5 Å². The second-order valence-corrected chi connectivity index (χ2v) is 9.31. The van der Waals surface area contributed by atoms with E-state index in [1.807, 2.05) is 39.0 Å². The number of rotatable bonds is 5. The molecule has 1 atom stereocenters. The Balaban J connectivity index is 1.77. The van der Waals surface area contributed by atoms with Crippen LogP contribution in [0.15, 0.2) is 40.3 Å². The number of pyridine rings is 1. The predicted molar refractivity (Wildman–Crippen MR) is 128 cm³/mol. The summed E-state index contributed by atoms with van der Waals surface area (Å²) in [6, 6.07) is 14.5. The molecule has 2 N–H and O–H groups in total. The lowest BCUT2D eigenvalue weighted by molar-refractivity contribution is 0.174. The average molecular weight is 457 g/mol. The minimum Gasteiger partial charge on any atom is -0.454 e. The summed E-state index contributed by atoms with van der Waals surface area (Å²) in [5, 5.41) is 20.5. The van der Waals surface area contributed by atoms with E-state index in [4.69, 9.17) is 15.2 Å². The first-order chi connectivity index (χ1) is 15.8. The van der Waals surface area contributed by atoms with Crippen LogP contribution in [0.2, 0.25) is 0 Å². The monoisotopic (exact) mass is 456 g/mol. The molecule has 0 bridgehead atoms. The highest BCUT2D eigenvalue weighted by Crippen LogP contribution is 2.40. The molecule has 1 unspecified atom stereocenters. The van der Waals surface area contributed by atoms with E-state index in [-0.39, 0.29) is 24.1 Å². The third-order valence-corrected chi connectivity index (χ3v) is 7.07. The molecule has 166 valence electrons. The molecule has 1 aliphatic rings. The number of nitrogen functional groups attached to an aromatic ring is 1. The first kappa shape index (κ1) is 22.5. The summed E-state index contributed by atoms with van der Waals surface area (Å²) in [5.41, 5.74) is 12.0. The maximum atomic E-state index is 10.1. The third kappa shape index (κ3) is 4.33. The van der Waals surface area contributed by atoms with Crippen LogP contribution in [0, 0.1) is 43.4 Å². The zero-order chi connectivity index (χ0) is 23.7. The Bertz CT molecular complexity index is 1310. The van der Waals surface area contributed by atoms with Crippen LogP contribution >= 0.6 is 11.8 Å². The van der Waals surface area contributed by atoms with Gasteiger partial charge in [0.15, 0.2) is 11.5 Å². The molecule has 0 saturated heterocycles. The lowest BCUT2D eigenvalue weighted by Gasteiger charge is -2.19. The van der Waals surface area contributed by atoms with Gasteiger partial charge in [-0.15, -0.1) is 0 Å². The van der Waals surface area contributed by atoms with Gasteiger partial charge in [0.2, 0.25) is 6.79 Å². The molecule has 6 nitrogen and oxygen atoms in total. The molecule has 2 heterocycles. The van der Waals surface area contributed by atoms with Crippen LogP contribution in [-0.2, 0) is 6.42 Å². The van der Waals surface area contributed by atoms with Crippen LogP contribution in [0.1, 0.15) is 51.8 Å². The molecule has 0 fully saturated rings. The molecular formula is C26H24N4O2S. The second-order valence-electron chi connectivity index (χ2n) is 8.31. The molecule has 2 aromatic carbocycles. The molecule has 7 heteroatoms. The van der Waals surface area contributed by atoms with Crippen molar-refractivity contribution in [2.75, 3.05) is 12.5 Å². The Labute approximate surface area is 198 Å². The zero-order valence-electron chi connectivity index (χ0n) is 19.0. The molecule has 0 amide bonds. The highest BCUT2D eigenvalue weighted by Gasteiger charge is 2.25. The Hall–Kier alpha value is -3.68. The van der Waals surface area contributed by atoms with Gasteiger partial charge < -0.3 is 15.2 Å². The maximum absolute atomic E-state index is 10.1. The number of hydrogen-bond donors (Lipinski definition) is 1. The Morgan fingerprint density at radius 1 is 1.03 bits per heavy atom. The van der Waals surface area contributed by atoms with E-state index in [0.29, 0.717) is 28.3 Å². The van der Waals surface area contributed by atoms with E-state index in [1.165, 1.54) is 17.3 Å². The zero-order valence-corrected chi connectivity index (χ0v) is 19.8. The van der Waals surface area contributed by atoms with E-state index >= 15 is 0 Å². The van der Waals surface area contributed by atoms with Gasteiger partial charge in [0, 0.05) is 4.90 Å². The number of nitrogens with zero attached hydrogens (tertiary/aromatic N) is 3. The molecule has 0 spiro atoms. The number of aryl methyl sites for hydroxylation is 3. The lowest BCUT2D eigenvalue weighted by atomic mass is 9.88. The fourth-order valence-corrected chi connectivity index (χ4v) is 5.37. The molecule has 0 saturated carbocycles. The number of nitriles is 2. The van der Waals surface area contributed by atoms with Crippen molar-refractivity contribution in [3.63, 3.8) is 0 Å². The molecular weight excluding hydrogens is 432 g/mol. The first-order valence-electron chi connectivity index (χ1n) is 10.6. The minimum absolute atomic E-state index is 0.139. The summed E-state index contributed by atoms with van der Waals surface area (Å²) in [4.78, 5) is 5.52. The van der Waals surface area contributed by atoms with Gasteiger partial charge in [0.1, 0.15) is 23.0 Å². The number of ether oxygens (including phenoxy) is 2. The summed E-state index contributed by atoms with van der Waals surface area (Å²) < 4.78 is 10.9. The maximum Gasteiger partial charge on any atom is 0.231 e. The summed E-state index contributed by atoms with van der Waals surface area (Å²) in [5.74, 6) is 1.43. The number of benzene rings is 2. The van der Waals surface area contributed by atoms with Gasteiger partial charge >= 0.3 is 0 Å². The standard InChI is InChI=1S/C26H24N4O2S/c1-14-7-16(3)24(17(4)8-14)33-26-20(12-28)23(19(11-27)25(29)30-26)15(2)9-18-5-6-21-22(10-18)32-13-31-21/h5-8,10,15H,9,13H2,1-4H3,(H2,29,30). The summed E-state index contributed by atoms with van der Waals surface area (Å²) in [6.07, 6.45) is 0.607. The van der Waals surface area contributed by atoms with Gasteiger partial charge in [-0.2, -0.15) is 10.5 Å². The molecule has 3 aromatic rings. The number of aromatic nitrogens is 1. The highest BCUT2D eigenvalue weighted by atomic mass is 32.2. The van der Waals surface area contributed by atoms with Gasteiger partial charge in [-0.25, -0.2) is 4.98 Å². The van der Waals surface area contributed by atoms with Crippen molar-refractivity contribution < 1.29 is 9.47 Å². The smallest absolute Gasteiger partial charge is 0.231 e. The Kier molecular flexibility index (Phi) is 6.18. The van der Waals surface area contributed by atoms with Crippen LogP contribution in [0.25, 0.3) is 0 Å². The normalized spacial score (nSPS) is 12.8. The minimum atomic E-state index is -0.139. The van der Waals surface area contributed by atoms with Gasteiger partial charge in [-0.05, 0) is 67.5 Å². The molecule has 0 aliphatic carbocycles. The lowest BCUT2D eigenvalue weighted by Crippen LogP contribution is -2.10. The van der Waals surface area contributed by atoms with Crippen molar-refractivity contribution >= 4 is 17.6 Å². The molecule has 1 aromatic heterocycles.